The second kappa shape index (κ2) is 6.30. The van der Waals surface area contributed by atoms with Gasteiger partial charge in [0.25, 0.3) is 0 Å². The maximum Gasteiger partial charge on any atom is 0.354 e. The van der Waals surface area contributed by atoms with Crippen LogP contribution in [0.3, 0.4) is 0 Å². The molecule has 0 amide bonds. The van der Waals surface area contributed by atoms with Crippen molar-refractivity contribution in [2.24, 2.45) is 0 Å². The lowest BCUT2D eigenvalue weighted by molar-refractivity contribution is 0.0690. The molecule has 6 heteroatoms. The molecule has 2 rings (SSSR count). The number of carbonyl (C=O) groups is 1. The number of halogens is 1. The largest absolute Gasteiger partial charge is 0.477 e. The van der Waals surface area contributed by atoms with Crippen LogP contribution in [0.1, 0.15) is 24.3 Å². The Hall–Kier alpha value is -2.50. The van der Waals surface area contributed by atoms with E-state index in [1.807, 2.05) is 18.7 Å². The summed E-state index contributed by atoms with van der Waals surface area (Å²) < 4.78 is 13.0. The van der Waals surface area contributed by atoms with Crippen LogP contribution in [0.4, 0.5) is 10.2 Å². The van der Waals surface area contributed by atoms with E-state index in [0.29, 0.717) is 24.5 Å². The van der Waals surface area contributed by atoms with Crippen molar-refractivity contribution < 1.29 is 14.3 Å². The van der Waals surface area contributed by atoms with Crippen LogP contribution >= 0.6 is 0 Å². The SMILES string of the molecule is CCN(CC)c1cc(C(=O)O)nc(-c2ccc(F)cc2)n1. The number of rotatable bonds is 5. The fourth-order valence-electron chi connectivity index (χ4n) is 1.98. The number of aromatic nitrogens is 2. The molecular weight excluding hydrogens is 273 g/mol. The average molecular weight is 289 g/mol. The van der Waals surface area contributed by atoms with E-state index in [1.54, 1.807) is 0 Å². The number of carboxylic acids is 1. The second-order valence-corrected chi connectivity index (χ2v) is 4.42. The monoisotopic (exact) mass is 289 g/mol. The summed E-state index contributed by atoms with van der Waals surface area (Å²) in [5.74, 6) is -0.658. The van der Waals surface area contributed by atoms with Gasteiger partial charge in [0.15, 0.2) is 11.5 Å². The highest BCUT2D eigenvalue weighted by Gasteiger charge is 2.14. The van der Waals surface area contributed by atoms with Gasteiger partial charge in [0.2, 0.25) is 0 Å². The molecule has 0 atom stereocenters. The summed E-state index contributed by atoms with van der Waals surface area (Å²) in [4.78, 5) is 21.6. The predicted octanol–water partition coefficient (Wildman–Crippen LogP) is 2.83. The molecule has 1 aromatic heterocycles. The molecule has 0 bridgehead atoms. The molecule has 0 radical (unpaired) electrons. The Bertz CT molecular complexity index is 640. The lowest BCUT2D eigenvalue weighted by atomic mass is 10.2. The van der Waals surface area contributed by atoms with Crippen molar-refractivity contribution >= 4 is 11.8 Å². The summed E-state index contributed by atoms with van der Waals surface area (Å²) in [6, 6.07) is 7.10. The number of carboxylic acid groups (broad SMARTS) is 1. The fraction of sp³-hybridized carbons (Fsp3) is 0.267. The third kappa shape index (κ3) is 3.34. The molecule has 1 N–H and O–H groups in total. The minimum Gasteiger partial charge on any atom is -0.477 e. The summed E-state index contributed by atoms with van der Waals surface area (Å²) in [5.41, 5.74) is 0.499. The van der Waals surface area contributed by atoms with Gasteiger partial charge in [-0.2, -0.15) is 0 Å². The minimum absolute atomic E-state index is 0.0776. The molecule has 0 spiro atoms. The predicted molar refractivity (Wildman–Crippen MR) is 77.9 cm³/mol. The first kappa shape index (κ1) is 14.9. The first-order valence-electron chi connectivity index (χ1n) is 6.68. The Kier molecular flexibility index (Phi) is 4.47. The smallest absolute Gasteiger partial charge is 0.354 e. The first-order chi connectivity index (χ1) is 10.0. The van der Waals surface area contributed by atoms with Crippen molar-refractivity contribution in [2.75, 3.05) is 18.0 Å². The Labute approximate surface area is 122 Å². The maximum absolute atomic E-state index is 13.0. The Morgan fingerprint density at radius 3 is 2.33 bits per heavy atom. The van der Waals surface area contributed by atoms with Crippen LogP contribution in [0.15, 0.2) is 30.3 Å². The Morgan fingerprint density at radius 2 is 1.81 bits per heavy atom. The molecular formula is C15H16FN3O2. The zero-order valence-electron chi connectivity index (χ0n) is 11.9. The van der Waals surface area contributed by atoms with E-state index in [1.165, 1.54) is 30.3 Å². The van der Waals surface area contributed by atoms with Crippen molar-refractivity contribution in [3.05, 3.63) is 41.8 Å². The normalized spacial score (nSPS) is 10.4. The van der Waals surface area contributed by atoms with Crippen molar-refractivity contribution in [1.29, 1.82) is 0 Å². The molecule has 0 saturated heterocycles. The van der Waals surface area contributed by atoms with E-state index in [2.05, 4.69) is 9.97 Å². The van der Waals surface area contributed by atoms with Gasteiger partial charge in [-0.05, 0) is 38.1 Å². The highest BCUT2D eigenvalue weighted by atomic mass is 19.1. The molecule has 0 fully saturated rings. The zero-order valence-corrected chi connectivity index (χ0v) is 11.9. The van der Waals surface area contributed by atoms with Gasteiger partial charge in [-0.15, -0.1) is 0 Å². The van der Waals surface area contributed by atoms with Gasteiger partial charge < -0.3 is 10.0 Å². The van der Waals surface area contributed by atoms with Crippen LogP contribution in [0.25, 0.3) is 11.4 Å². The Morgan fingerprint density at radius 1 is 1.19 bits per heavy atom. The van der Waals surface area contributed by atoms with Crippen molar-refractivity contribution in [1.82, 2.24) is 9.97 Å². The summed E-state index contributed by atoms with van der Waals surface area (Å²) in [5, 5.41) is 9.18. The van der Waals surface area contributed by atoms with Gasteiger partial charge in [-0.3, -0.25) is 0 Å². The van der Waals surface area contributed by atoms with Gasteiger partial charge in [-0.25, -0.2) is 19.2 Å². The van der Waals surface area contributed by atoms with E-state index < -0.39 is 5.97 Å². The number of nitrogens with zero attached hydrogens (tertiary/aromatic N) is 3. The molecule has 2 aromatic rings. The van der Waals surface area contributed by atoms with Crippen LogP contribution in [-0.4, -0.2) is 34.1 Å². The van der Waals surface area contributed by atoms with Crippen LogP contribution in [0.2, 0.25) is 0 Å². The van der Waals surface area contributed by atoms with E-state index in [0.717, 1.165) is 0 Å². The number of anilines is 1. The molecule has 0 aliphatic heterocycles. The number of hydrogen-bond acceptors (Lipinski definition) is 4. The quantitative estimate of drug-likeness (QED) is 0.916. The van der Waals surface area contributed by atoms with E-state index in [4.69, 9.17) is 0 Å². The molecule has 0 aliphatic carbocycles. The molecule has 1 heterocycles. The molecule has 5 nitrogen and oxygen atoms in total. The lowest BCUT2D eigenvalue weighted by Crippen LogP contribution is -2.24. The van der Waals surface area contributed by atoms with Gasteiger partial charge in [0.1, 0.15) is 11.6 Å². The van der Waals surface area contributed by atoms with Crippen LogP contribution in [0.5, 0.6) is 0 Å². The van der Waals surface area contributed by atoms with Gasteiger partial charge in [-0.1, -0.05) is 0 Å². The van der Waals surface area contributed by atoms with Crippen molar-refractivity contribution in [2.45, 2.75) is 13.8 Å². The summed E-state index contributed by atoms with van der Waals surface area (Å²) in [6.45, 7) is 5.33. The fourth-order valence-corrected chi connectivity index (χ4v) is 1.98. The zero-order chi connectivity index (χ0) is 15.4. The van der Waals surface area contributed by atoms with Gasteiger partial charge in [0.05, 0.1) is 0 Å². The number of benzene rings is 1. The number of aromatic carboxylic acids is 1. The van der Waals surface area contributed by atoms with Crippen LogP contribution in [-0.2, 0) is 0 Å². The highest BCUT2D eigenvalue weighted by Crippen LogP contribution is 2.20. The second-order valence-electron chi connectivity index (χ2n) is 4.42. The van der Waals surface area contributed by atoms with Crippen LogP contribution in [0, 0.1) is 5.82 Å². The standard InChI is InChI=1S/C15H16FN3O2/c1-3-19(4-2)13-9-12(15(20)21)17-14(18-13)10-5-7-11(16)8-6-10/h5-9H,3-4H2,1-2H3,(H,20,21). The topological polar surface area (TPSA) is 66.3 Å². The third-order valence-electron chi connectivity index (χ3n) is 3.12. The molecule has 0 aliphatic rings. The molecule has 0 unspecified atom stereocenters. The summed E-state index contributed by atoms with van der Waals surface area (Å²) in [7, 11) is 0. The lowest BCUT2D eigenvalue weighted by Gasteiger charge is -2.20. The third-order valence-corrected chi connectivity index (χ3v) is 3.12. The molecule has 110 valence electrons. The van der Waals surface area contributed by atoms with Crippen molar-refractivity contribution in [3.8, 4) is 11.4 Å². The van der Waals surface area contributed by atoms with Gasteiger partial charge >= 0.3 is 5.97 Å². The van der Waals surface area contributed by atoms with E-state index in [-0.39, 0.29) is 17.3 Å². The summed E-state index contributed by atoms with van der Waals surface area (Å²) in [6.07, 6.45) is 0. The first-order valence-corrected chi connectivity index (χ1v) is 6.68. The highest BCUT2D eigenvalue weighted by molar-refractivity contribution is 5.87. The Balaban J connectivity index is 2.54. The van der Waals surface area contributed by atoms with Gasteiger partial charge in [0, 0.05) is 24.7 Å². The maximum atomic E-state index is 13.0. The van der Waals surface area contributed by atoms with E-state index in [9.17, 15) is 14.3 Å². The minimum atomic E-state index is -1.12. The molecule has 1 aromatic carbocycles. The van der Waals surface area contributed by atoms with Crippen LogP contribution < -0.4 is 4.90 Å². The number of hydrogen-bond donors (Lipinski definition) is 1. The molecule has 21 heavy (non-hydrogen) atoms. The molecule has 0 saturated carbocycles. The summed E-state index contributed by atoms with van der Waals surface area (Å²) >= 11 is 0. The average Bonchev–Trinajstić information content (AvgIpc) is 2.49. The van der Waals surface area contributed by atoms with Crippen molar-refractivity contribution in [3.63, 3.8) is 0 Å². The van der Waals surface area contributed by atoms with E-state index >= 15 is 0 Å².